The maximum absolute atomic E-state index is 11.5. The van der Waals surface area contributed by atoms with Gasteiger partial charge >= 0.3 is 0 Å². The Morgan fingerprint density at radius 1 is 1.69 bits per heavy atom. The van der Waals surface area contributed by atoms with Crippen molar-refractivity contribution in [3.05, 3.63) is 0 Å². The highest BCUT2D eigenvalue weighted by atomic mass is 79.9. The summed E-state index contributed by atoms with van der Waals surface area (Å²) in [6.45, 7) is 1.70. The van der Waals surface area contributed by atoms with Crippen molar-refractivity contribution >= 4 is 21.8 Å². The van der Waals surface area contributed by atoms with E-state index in [9.17, 15) is 4.79 Å². The summed E-state index contributed by atoms with van der Waals surface area (Å²) in [7, 11) is 0. The second-order valence-corrected chi connectivity index (χ2v) is 4.35. The van der Waals surface area contributed by atoms with Crippen LogP contribution in [0, 0.1) is 12.3 Å². The number of halogens is 1. The maximum atomic E-state index is 11.5. The van der Waals surface area contributed by atoms with Gasteiger partial charge in [-0.3, -0.25) is 4.79 Å². The van der Waals surface area contributed by atoms with Crippen LogP contribution in [0.25, 0.3) is 0 Å². The second-order valence-electron chi connectivity index (χ2n) is 3.24. The number of carbonyl (C=O) groups excluding carboxylic acids is 1. The number of hydrogen-bond acceptors (Lipinski definition) is 1. The van der Waals surface area contributed by atoms with Gasteiger partial charge in [0.25, 0.3) is 0 Å². The number of nitrogens with zero attached hydrogens (tertiary/aromatic N) is 1. The van der Waals surface area contributed by atoms with E-state index in [2.05, 4.69) is 21.9 Å². The Bertz CT molecular complexity index is 221. The fourth-order valence-corrected chi connectivity index (χ4v) is 2.10. The van der Waals surface area contributed by atoms with Crippen molar-refractivity contribution in [3.63, 3.8) is 0 Å². The molecule has 2 nitrogen and oxygen atoms in total. The van der Waals surface area contributed by atoms with Crippen molar-refractivity contribution in [1.29, 1.82) is 0 Å². The normalized spacial score (nSPS) is 22.9. The third-order valence-corrected chi connectivity index (χ3v) is 3.06. The standard InChI is InChI=1S/C10H14BrNO/c1-2-3-4-7-12-8-5-6-9(11)10(12)13/h1,9H,3-8H2. The monoisotopic (exact) mass is 243 g/mol. The molecule has 0 aliphatic carbocycles. The van der Waals surface area contributed by atoms with E-state index in [1.807, 2.05) is 4.90 Å². The number of hydrogen-bond donors (Lipinski definition) is 0. The van der Waals surface area contributed by atoms with E-state index < -0.39 is 0 Å². The first-order valence-electron chi connectivity index (χ1n) is 4.62. The highest BCUT2D eigenvalue weighted by molar-refractivity contribution is 9.10. The van der Waals surface area contributed by atoms with Crippen LogP contribution in [0.3, 0.4) is 0 Å². The molecule has 1 aliphatic rings. The summed E-state index contributed by atoms with van der Waals surface area (Å²) in [5.74, 6) is 2.81. The van der Waals surface area contributed by atoms with Crippen molar-refractivity contribution < 1.29 is 4.79 Å². The Balaban J connectivity index is 2.32. The molecule has 72 valence electrons. The van der Waals surface area contributed by atoms with Crippen molar-refractivity contribution in [3.8, 4) is 12.3 Å². The topological polar surface area (TPSA) is 20.3 Å². The zero-order valence-corrected chi connectivity index (χ0v) is 9.22. The summed E-state index contributed by atoms with van der Waals surface area (Å²) in [5, 5.41) is 0. The van der Waals surface area contributed by atoms with Crippen LogP contribution in [0.4, 0.5) is 0 Å². The number of likely N-dealkylation sites (tertiary alicyclic amines) is 1. The molecule has 0 spiro atoms. The molecular formula is C10H14BrNO. The van der Waals surface area contributed by atoms with Crippen molar-refractivity contribution in [2.75, 3.05) is 13.1 Å². The number of piperidine rings is 1. The van der Waals surface area contributed by atoms with Crippen LogP contribution in [0.15, 0.2) is 0 Å². The zero-order valence-electron chi connectivity index (χ0n) is 7.63. The van der Waals surface area contributed by atoms with Crippen LogP contribution in [0.5, 0.6) is 0 Å². The number of terminal acetylenes is 1. The van der Waals surface area contributed by atoms with Crippen LogP contribution in [0.1, 0.15) is 25.7 Å². The van der Waals surface area contributed by atoms with Crippen molar-refractivity contribution in [2.24, 2.45) is 0 Å². The smallest absolute Gasteiger partial charge is 0.236 e. The molecule has 1 unspecified atom stereocenters. The Morgan fingerprint density at radius 2 is 2.46 bits per heavy atom. The summed E-state index contributed by atoms with van der Waals surface area (Å²) >= 11 is 3.37. The molecule has 1 atom stereocenters. The number of alkyl halides is 1. The van der Waals surface area contributed by atoms with E-state index in [1.165, 1.54) is 0 Å². The van der Waals surface area contributed by atoms with E-state index in [4.69, 9.17) is 6.42 Å². The molecule has 1 saturated heterocycles. The summed E-state index contributed by atoms with van der Waals surface area (Å²) in [5.41, 5.74) is 0. The van der Waals surface area contributed by atoms with E-state index in [0.29, 0.717) is 0 Å². The molecule has 0 aromatic rings. The maximum Gasteiger partial charge on any atom is 0.236 e. The van der Waals surface area contributed by atoms with Crippen LogP contribution >= 0.6 is 15.9 Å². The molecule has 1 fully saturated rings. The van der Waals surface area contributed by atoms with E-state index in [0.717, 1.165) is 38.8 Å². The van der Waals surface area contributed by atoms with Gasteiger partial charge in [-0.2, -0.15) is 0 Å². The second kappa shape index (κ2) is 5.29. The summed E-state index contributed by atoms with van der Waals surface area (Å²) in [4.78, 5) is 13.5. The molecule has 1 rings (SSSR count). The predicted molar refractivity (Wildman–Crippen MR) is 56.6 cm³/mol. The molecular weight excluding hydrogens is 230 g/mol. The van der Waals surface area contributed by atoms with Gasteiger partial charge < -0.3 is 4.90 Å². The number of rotatable bonds is 3. The highest BCUT2D eigenvalue weighted by Crippen LogP contribution is 2.18. The molecule has 1 aliphatic heterocycles. The lowest BCUT2D eigenvalue weighted by atomic mass is 10.1. The van der Waals surface area contributed by atoms with Gasteiger partial charge in [0.2, 0.25) is 5.91 Å². The van der Waals surface area contributed by atoms with Gasteiger partial charge in [0.05, 0.1) is 4.83 Å². The fourth-order valence-electron chi connectivity index (χ4n) is 1.49. The lowest BCUT2D eigenvalue weighted by Crippen LogP contribution is -2.42. The number of unbranched alkanes of at least 4 members (excludes halogenated alkanes) is 1. The fraction of sp³-hybridized carbons (Fsp3) is 0.700. The minimum Gasteiger partial charge on any atom is -0.342 e. The van der Waals surface area contributed by atoms with Gasteiger partial charge in [-0.1, -0.05) is 15.9 Å². The largest absolute Gasteiger partial charge is 0.342 e. The lowest BCUT2D eigenvalue weighted by molar-refractivity contribution is -0.132. The summed E-state index contributed by atoms with van der Waals surface area (Å²) in [6, 6.07) is 0. The molecule has 0 N–H and O–H groups in total. The minimum atomic E-state index is 0.0343. The van der Waals surface area contributed by atoms with Crippen molar-refractivity contribution in [1.82, 2.24) is 4.90 Å². The van der Waals surface area contributed by atoms with Crippen LogP contribution in [-0.2, 0) is 4.79 Å². The summed E-state index contributed by atoms with van der Waals surface area (Å²) < 4.78 is 0. The highest BCUT2D eigenvalue weighted by Gasteiger charge is 2.25. The molecule has 0 radical (unpaired) electrons. The van der Waals surface area contributed by atoms with Gasteiger partial charge in [0.15, 0.2) is 0 Å². The van der Waals surface area contributed by atoms with Gasteiger partial charge in [0.1, 0.15) is 0 Å². The Labute approximate surface area is 87.8 Å². The molecule has 0 aromatic carbocycles. The molecule has 13 heavy (non-hydrogen) atoms. The van der Waals surface area contributed by atoms with Crippen LogP contribution < -0.4 is 0 Å². The predicted octanol–water partition coefficient (Wildman–Crippen LogP) is 1.79. The van der Waals surface area contributed by atoms with Gasteiger partial charge in [-0.05, 0) is 19.3 Å². The molecule has 0 bridgehead atoms. The SMILES string of the molecule is C#CCCCN1CCCC(Br)C1=O. The third-order valence-electron chi connectivity index (χ3n) is 2.21. The van der Waals surface area contributed by atoms with Crippen LogP contribution in [0.2, 0.25) is 0 Å². The average molecular weight is 244 g/mol. The third kappa shape index (κ3) is 3.04. The zero-order chi connectivity index (χ0) is 9.68. The molecule has 3 heteroatoms. The van der Waals surface area contributed by atoms with Crippen LogP contribution in [-0.4, -0.2) is 28.7 Å². The number of amides is 1. The molecule has 1 heterocycles. The van der Waals surface area contributed by atoms with E-state index in [1.54, 1.807) is 0 Å². The van der Waals surface area contributed by atoms with E-state index in [-0.39, 0.29) is 10.7 Å². The Morgan fingerprint density at radius 3 is 3.15 bits per heavy atom. The molecule has 1 amide bonds. The first-order valence-corrected chi connectivity index (χ1v) is 5.53. The molecule has 0 saturated carbocycles. The lowest BCUT2D eigenvalue weighted by Gasteiger charge is -2.29. The first kappa shape index (κ1) is 10.6. The average Bonchev–Trinajstić information content (AvgIpc) is 2.13. The van der Waals surface area contributed by atoms with Gasteiger partial charge in [-0.25, -0.2) is 0 Å². The molecule has 0 aromatic heterocycles. The summed E-state index contributed by atoms with van der Waals surface area (Å²) in [6.07, 6.45) is 8.88. The number of carbonyl (C=O) groups is 1. The Hall–Kier alpha value is -0.490. The van der Waals surface area contributed by atoms with E-state index >= 15 is 0 Å². The minimum absolute atomic E-state index is 0.0343. The van der Waals surface area contributed by atoms with Gasteiger partial charge in [-0.15, -0.1) is 12.3 Å². The quantitative estimate of drug-likeness (QED) is 0.421. The first-order chi connectivity index (χ1) is 6.25. The Kier molecular flexibility index (Phi) is 4.31. The van der Waals surface area contributed by atoms with Gasteiger partial charge in [0, 0.05) is 19.5 Å². The van der Waals surface area contributed by atoms with Crippen molar-refractivity contribution in [2.45, 2.75) is 30.5 Å².